The van der Waals surface area contributed by atoms with E-state index in [4.69, 9.17) is 4.42 Å². The Bertz CT molecular complexity index is 496. The molecule has 0 amide bonds. The molecule has 0 spiro atoms. The molecule has 0 saturated heterocycles. The van der Waals surface area contributed by atoms with Gasteiger partial charge in [-0.2, -0.15) is 0 Å². The van der Waals surface area contributed by atoms with Gasteiger partial charge in [0.25, 0.3) is 0 Å². The number of aromatic nitrogens is 1. The molecule has 1 heterocycles. The fourth-order valence-corrected chi connectivity index (χ4v) is 2.03. The first kappa shape index (κ1) is 9.88. The maximum Gasteiger partial charge on any atom is 0.198 e. The Morgan fingerprint density at radius 2 is 2.25 bits per heavy atom. The summed E-state index contributed by atoms with van der Waals surface area (Å²) in [5.74, 6) is 1.55. The summed E-state index contributed by atoms with van der Waals surface area (Å²) in [5, 5.41) is 0. The van der Waals surface area contributed by atoms with Gasteiger partial charge in [0.1, 0.15) is 5.52 Å². The number of aryl methyl sites for hydroxylation is 1. The molecule has 2 aromatic rings. The normalized spacial score (nSPS) is 15.8. The van der Waals surface area contributed by atoms with Crippen LogP contribution in [0.25, 0.3) is 11.1 Å². The van der Waals surface area contributed by atoms with E-state index in [-0.39, 0.29) is 0 Å². The highest BCUT2D eigenvalue weighted by Crippen LogP contribution is 2.40. The van der Waals surface area contributed by atoms with E-state index < -0.39 is 0 Å². The van der Waals surface area contributed by atoms with Gasteiger partial charge in [-0.25, -0.2) is 4.98 Å². The fraction of sp³-hybridized carbons (Fsp3) is 0.500. The van der Waals surface area contributed by atoms with Crippen molar-refractivity contribution in [3.05, 3.63) is 29.7 Å². The number of nitrogens with zero attached hydrogens (tertiary/aromatic N) is 1. The largest absolute Gasteiger partial charge is 0.440 e. The van der Waals surface area contributed by atoms with E-state index in [1.54, 1.807) is 0 Å². The molecule has 16 heavy (non-hydrogen) atoms. The molecule has 3 rings (SSSR count). The molecule has 1 fully saturated rings. The van der Waals surface area contributed by atoms with Crippen molar-refractivity contribution in [3.8, 4) is 0 Å². The first-order valence-corrected chi connectivity index (χ1v) is 6.26. The summed E-state index contributed by atoms with van der Waals surface area (Å²) in [6.07, 6.45) is 6.13. The zero-order chi connectivity index (χ0) is 11.0. The molecular formula is C14H17NO. The molecule has 0 bridgehead atoms. The summed E-state index contributed by atoms with van der Waals surface area (Å²) >= 11 is 0. The van der Waals surface area contributed by atoms with Crippen LogP contribution in [0.15, 0.2) is 22.6 Å². The number of oxazole rings is 1. The maximum atomic E-state index is 5.74. The van der Waals surface area contributed by atoms with Crippen LogP contribution < -0.4 is 0 Å². The third kappa shape index (κ3) is 1.84. The molecule has 0 unspecified atom stereocenters. The molecule has 0 radical (unpaired) electrons. The molecule has 1 saturated carbocycles. The zero-order valence-corrected chi connectivity index (χ0v) is 9.70. The Morgan fingerprint density at radius 3 is 3.00 bits per heavy atom. The number of rotatable bonds is 4. The van der Waals surface area contributed by atoms with Crippen LogP contribution in [0.3, 0.4) is 0 Å². The molecule has 1 aliphatic carbocycles. The molecule has 2 nitrogen and oxygen atoms in total. The standard InChI is InChI=1S/C14H17NO/c1-2-3-4-10-5-8-13-12(9-10)15-14(16-13)11-6-7-11/h5,8-9,11H,2-4,6-7H2,1H3. The highest BCUT2D eigenvalue weighted by molar-refractivity contribution is 5.73. The molecule has 0 aliphatic heterocycles. The average Bonchev–Trinajstić information content (AvgIpc) is 3.06. The van der Waals surface area contributed by atoms with E-state index in [2.05, 4.69) is 30.1 Å². The van der Waals surface area contributed by atoms with Gasteiger partial charge in [-0.3, -0.25) is 0 Å². The molecule has 84 valence electrons. The van der Waals surface area contributed by atoms with Gasteiger partial charge >= 0.3 is 0 Å². The number of fused-ring (bicyclic) bond motifs is 1. The topological polar surface area (TPSA) is 26.0 Å². The smallest absolute Gasteiger partial charge is 0.198 e. The second-order valence-electron chi connectivity index (χ2n) is 4.73. The quantitative estimate of drug-likeness (QED) is 0.769. The molecule has 0 N–H and O–H groups in total. The number of unbranched alkanes of at least 4 members (excludes halogenated alkanes) is 1. The van der Waals surface area contributed by atoms with Crippen molar-refractivity contribution in [2.24, 2.45) is 0 Å². The van der Waals surface area contributed by atoms with Crippen LogP contribution in [0, 0.1) is 0 Å². The third-order valence-corrected chi connectivity index (χ3v) is 3.21. The van der Waals surface area contributed by atoms with Crippen LogP contribution in [0.5, 0.6) is 0 Å². The Morgan fingerprint density at radius 1 is 1.38 bits per heavy atom. The van der Waals surface area contributed by atoms with Crippen LogP contribution in [0.2, 0.25) is 0 Å². The first-order valence-electron chi connectivity index (χ1n) is 6.26. The van der Waals surface area contributed by atoms with E-state index >= 15 is 0 Å². The monoisotopic (exact) mass is 215 g/mol. The van der Waals surface area contributed by atoms with Gasteiger partial charge in [-0.05, 0) is 43.4 Å². The molecule has 0 atom stereocenters. The van der Waals surface area contributed by atoms with Gasteiger partial charge in [0.15, 0.2) is 11.5 Å². The van der Waals surface area contributed by atoms with E-state index in [0.29, 0.717) is 5.92 Å². The van der Waals surface area contributed by atoms with Gasteiger partial charge in [0.05, 0.1) is 0 Å². The second-order valence-corrected chi connectivity index (χ2v) is 4.73. The van der Waals surface area contributed by atoms with Crippen molar-refractivity contribution in [1.82, 2.24) is 4.98 Å². The molecule has 2 heteroatoms. The summed E-state index contributed by atoms with van der Waals surface area (Å²) in [6.45, 7) is 2.22. The summed E-state index contributed by atoms with van der Waals surface area (Å²) < 4.78 is 5.74. The summed E-state index contributed by atoms with van der Waals surface area (Å²) in [4.78, 5) is 4.58. The average molecular weight is 215 g/mol. The Balaban J connectivity index is 1.90. The zero-order valence-electron chi connectivity index (χ0n) is 9.70. The Labute approximate surface area is 95.7 Å². The summed E-state index contributed by atoms with van der Waals surface area (Å²) in [6, 6.07) is 6.42. The van der Waals surface area contributed by atoms with Crippen LogP contribution in [0.4, 0.5) is 0 Å². The summed E-state index contributed by atoms with van der Waals surface area (Å²) in [5.41, 5.74) is 3.36. The van der Waals surface area contributed by atoms with Crippen LogP contribution in [-0.2, 0) is 6.42 Å². The number of hydrogen-bond donors (Lipinski definition) is 0. The summed E-state index contributed by atoms with van der Waals surface area (Å²) in [7, 11) is 0. The molecule has 1 aromatic carbocycles. The first-order chi connectivity index (χ1) is 7.86. The Kier molecular flexibility index (Phi) is 2.43. The lowest BCUT2D eigenvalue weighted by Crippen LogP contribution is -1.84. The fourth-order valence-electron chi connectivity index (χ4n) is 2.03. The maximum absolute atomic E-state index is 5.74. The van der Waals surface area contributed by atoms with Crippen LogP contribution >= 0.6 is 0 Å². The van der Waals surface area contributed by atoms with E-state index in [0.717, 1.165) is 23.4 Å². The van der Waals surface area contributed by atoms with Crippen molar-refractivity contribution < 1.29 is 4.42 Å². The van der Waals surface area contributed by atoms with Gasteiger partial charge in [-0.1, -0.05) is 19.4 Å². The molecular weight excluding hydrogens is 198 g/mol. The van der Waals surface area contributed by atoms with Gasteiger partial charge < -0.3 is 4.42 Å². The van der Waals surface area contributed by atoms with Crippen molar-refractivity contribution in [2.45, 2.75) is 44.9 Å². The molecule has 1 aliphatic rings. The van der Waals surface area contributed by atoms with Gasteiger partial charge in [0.2, 0.25) is 0 Å². The lowest BCUT2D eigenvalue weighted by atomic mass is 10.1. The minimum atomic E-state index is 0.603. The predicted molar refractivity (Wildman–Crippen MR) is 64.6 cm³/mol. The highest BCUT2D eigenvalue weighted by atomic mass is 16.3. The van der Waals surface area contributed by atoms with Crippen molar-refractivity contribution >= 4 is 11.1 Å². The Hall–Kier alpha value is -1.31. The van der Waals surface area contributed by atoms with E-state index in [9.17, 15) is 0 Å². The van der Waals surface area contributed by atoms with E-state index in [1.165, 1.54) is 31.2 Å². The van der Waals surface area contributed by atoms with Gasteiger partial charge in [0, 0.05) is 5.92 Å². The predicted octanol–water partition coefficient (Wildman–Crippen LogP) is 4.05. The van der Waals surface area contributed by atoms with Crippen molar-refractivity contribution in [1.29, 1.82) is 0 Å². The minimum absolute atomic E-state index is 0.603. The van der Waals surface area contributed by atoms with Crippen LogP contribution in [0.1, 0.15) is 50.0 Å². The van der Waals surface area contributed by atoms with Gasteiger partial charge in [-0.15, -0.1) is 0 Å². The second kappa shape index (κ2) is 3.93. The lowest BCUT2D eigenvalue weighted by molar-refractivity contribution is 0.533. The van der Waals surface area contributed by atoms with Crippen LogP contribution in [-0.4, -0.2) is 4.98 Å². The lowest BCUT2D eigenvalue weighted by Gasteiger charge is -1.97. The third-order valence-electron chi connectivity index (χ3n) is 3.21. The number of hydrogen-bond acceptors (Lipinski definition) is 2. The van der Waals surface area contributed by atoms with Crippen molar-refractivity contribution in [2.75, 3.05) is 0 Å². The molecule has 1 aromatic heterocycles. The SMILES string of the molecule is CCCCc1ccc2oc(C3CC3)nc2c1. The van der Waals surface area contributed by atoms with E-state index in [1.807, 2.05) is 0 Å². The van der Waals surface area contributed by atoms with Crippen molar-refractivity contribution in [3.63, 3.8) is 0 Å². The number of benzene rings is 1. The highest BCUT2D eigenvalue weighted by Gasteiger charge is 2.28. The minimum Gasteiger partial charge on any atom is -0.440 e.